The van der Waals surface area contributed by atoms with Gasteiger partial charge in [0.25, 0.3) is 0 Å². The third-order valence-electron chi connectivity index (χ3n) is 3.23. The molecule has 1 aromatic carbocycles. The number of nitrogens with one attached hydrogen (secondary N) is 1. The van der Waals surface area contributed by atoms with E-state index in [0.29, 0.717) is 24.4 Å². The SMILES string of the molecule is CCCc1ccc(S(=O)(=O)NCCCn2cc(Br)cn2)cc1. The van der Waals surface area contributed by atoms with E-state index in [9.17, 15) is 8.42 Å². The summed E-state index contributed by atoms with van der Waals surface area (Å²) in [5, 5.41) is 4.13. The molecule has 0 aliphatic carbocycles. The molecule has 0 unspecified atom stereocenters. The van der Waals surface area contributed by atoms with Crippen LogP contribution in [0.25, 0.3) is 0 Å². The molecule has 1 N–H and O–H groups in total. The van der Waals surface area contributed by atoms with Crippen molar-refractivity contribution in [1.29, 1.82) is 0 Å². The van der Waals surface area contributed by atoms with E-state index in [1.165, 1.54) is 0 Å². The molecule has 0 spiro atoms. The molecule has 0 fully saturated rings. The van der Waals surface area contributed by atoms with Gasteiger partial charge in [-0.2, -0.15) is 5.10 Å². The third-order valence-corrected chi connectivity index (χ3v) is 5.12. The van der Waals surface area contributed by atoms with Gasteiger partial charge in [0.05, 0.1) is 15.6 Å². The molecule has 2 aromatic rings. The van der Waals surface area contributed by atoms with Crippen LogP contribution < -0.4 is 4.72 Å². The maximum absolute atomic E-state index is 12.2. The quantitative estimate of drug-likeness (QED) is 0.710. The van der Waals surface area contributed by atoms with Crippen LogP contribution in [0.15, 0.2) is 46.0 Å². The Kier molecular flexibility index (Phi) is 6.16. The van der Waals surface area contributed by atoms with Gasteiger partial charge in [0.1, 0.15) is 0 Å². The molecular weight excluding hydrogens is 366 g/mol. The van der Waals surface area contributed by atoms with Crippen LogP contribution in [0.3, 0.4) is 0 Å². The van der Waals surface area contributed by atoms with Crippen molar-refractivity contribution in [2.24, 2.45) is 0 Å². The molecule has 22 heavy (non-hydrogen) atoms. The van der Waals surface area contributed by atoms with E-state index in [1.54, 1.807) is 23.0 Å². The minimum atomic E-state index is -3.43. The van der Waals surface area contributed by atoms with Gasteiger partial charge < -0.3 is 0 Å². The van der Waals surface area contributed by atoms with E-state index in [-0.39, 0.29) is 0 Å². The molecule has 0 atom stereocenters. The molecule has 0 radical (unpaired) electrons. The Morgan fingerprint density at radius 1 is 1.27 bits per heavy atom. The first kappa shape index (κ1) is 17.2. The topological polar surface area (TPSA) is 64.0 Å². The second kappa shape index (κ2) is 7.89. The van der Waals surface area contributed by atoms with Gasteiger partial charge in [-0.05, 0) is 46.5 Å². The van der Waals surface area contributed by atoms with E-state index in [1.807, 2.05) is 18.3 Å². The Bertz CT molecular complexity index is 696. The Morgan fingerprint density at radius 3 is 2.59 bits per heavy atom. The molecule has 0 bridgehead atoms. The maximum atomic E-state index is 12.2. The van der Waals surface area contributed by atoms with Gasteiger partial charge in [0.15, 0.2) is 0 Å². The first-order valence-corrected chi connectivity index (χ1v) is 9.55. The Hall–Kier alpha value is -1.18. The van der Waals surface area contributed by atoms with Crippen molar-refractivity contribution in [2.45, 2.75) is 37.6 Å². The number of benzene rings is 1. The standard InChI is InChI=1S/C15H20BrN3O2S/c1-2-4-13-5-7-15(8-6-13)22(20,21)18-9-3-10-19-12-14(16)11-17-19/h5-8,11-12,18H,2-4,9-10H2,1H3. The van der Waals surface area contributed by atoms with Gasteiger partial charge in [-0.3, -0.25) is 4.68 Å². The van der Waals surface area contributed by atoms with E-state index in [2.05, 4.69) is 32.7 Å². The number of hydrogen-bond donors (Lipinski definition) is 1. The third kappa shape index (κ3) is 4.93. The minimum Gasteiger partial charge on any atom is -0.272 e. The van der Waals surface area contributed by atoms with Crippen molar-refractivity contribution in [3.63, 3.8) is 0 Å². The lowest BCUT2D eigenvalue weighted by Gasteiger charge is -2.08. The van der Waals surface area contributed by atoms with Crippen molar-refractivity contribution >= 4 is 26.0 Å². The molecule has 5 nitrogen and oxygen atoms in total. The molecule has 0 saturated heterocycles. The van der Waals surface area contributed by atoms with Crippen molar-refractivity contribution < 1.29 is 8.42 Å². The largest absolute Gasteiger partial charge is 0.272 e. The number of aromatic nitrogens is 2. The number of hydrogen-bond acceptors (Lipinski definition) is 3. The Morgan fingerprint density at radius 2 is 2.00 bits per heavy atom. The first-order valence-electron chi connectivity index (χ1n) is 7.28. The second-order valence-corrected chi connectivity index (χ2v) is 7.75. The zero-order valence-corrected chi connectivity index (χ0v) is 14.9. The van der Waals surface area contributed by atoms with Gasteiger partial charge >= 0.3 is 0 Å². The molecule has 0 saturated carbocycles. The van der Waals surface area contributed by atoms with Crippen LogP contribution in [-0.4, -0.2) is 24.7 Å². The summed E-state index contributed by atoms with van der Waals surface area (Å²) >= 11 is 3.33. The molecule has 0 aliphatic rings. The normalized spacial score (nSPS) is 11.7. The number of halogens is 1. The molecule has 7 heteroatoms. The molecule has 120 valence electrons. The number of rotatable bonds is 8. The fourth-order valence-electron chi connectivity index (χ4n) is 2.12. The van der Waals surface area contributed by atoms with Gasteiger partial charge in [-0.15, -0.1) is 0 Å². The summed E-state index contributed by atoms with van der Waals surface area (Å²) in [7, 11) is -3.43. The summed E-state index contributed by atoms with van der Waals surface area (Å²) in [6.45, 7) is 3.16. The van der Waals surface area contributed by atoms with Crippen LogP contribution in [0, 0.1) is 0 Å². The van der Waals surface area contributed by atoms with Crippen LogP contribution in [0.5, 0.6) is 0 Å². The van der Waals surface area contributed by atoms with Crippen LogP contribution in [0.2, 0.25) is 0 Å². The fourth-order valence-corrected chi connectivity index (χ4v) is 3.52. The van der Waals surface area contributed by atoms with E-state index in [0.717, 1.165) is 22.9 Å². The number of sulfonamides is 1. The summed E-state index contributed by atoms with van der Waals surface area (Å²) < 4.78 is 29.7. The number of nitrogens with zero attached hydrogens (tertiary/aromatic N) is 2. The summed E-state index contributed by atoms with van der Waals surface area (Å²) in [6, 6.07) is 7.08. The lowest BCUT2D eigenvalue weighted by Crippen LogP contribution is -2.25. The lowest BCUT2D eigenvalue weighted by atomic mass is 10.1. The van der Waals surface area contributed by atoms with Crippen molar-refractivity contribution in [1.82, 2.24) is 14.5 Å². The predicted octanol–water partition coefficient (Wildman–Crippen LogP) is 2.97. The Balaban J connectivity index is 1.85. The molecule has 1 heterocycles. The van der Waals surface area contributed by atoms with E-state index < -0.39 is 10.0 Å². The summed E-state index contributed by atoms with van der Waals surface area (Å²) in [4.78, 5) is 0.314. The lowest BCUT2D eigenvalue weighted by molar-refractivity contribution is 0.553. The molecule has 0 aliphatic heterocycles. The molecule has 2 rings (SSSR count). The minimum absolute atomic E-state index is 0.314. The first-order chi connectivity index (χ1) is 10.5. The van der Waals surface area contributed by atoms with Crippen molar-refractivity contribution in [2.75, 3.05) is 6.54 Å². The van der Waals surface area contributed by atoms with Gasteiger partial charge in [-0.25, -0.2) is 13.1 Å². The van der Waals surface area contributed by atoms with Crippen molar-refractivity contribution in [3.05, 3.63) is 46.7 Å². The van der Waals surface area contributed by atoms with Gasteiger partial charge in [0, 0.05) is 19.3 Å². The maximum Gasteiger partial charge on any atom is 0.240 e. The molecular formula is C15H20BrN3O2S. The van der Waals surface area contributed by atoms with Crippen LogP contribution >= 0.6 is 15.9 Å². The van der Waals surface area contributed by atoms with Crippen LogP contribution in [0.1, 0.15) is 25.3 Å². The summed E-state index contributed by atoms with van der Waals surface area (Å²) in [5.41, 5.74) is 1.16. The highest BCUT2D eigenvalue weighted by Gasteiger charge is 2.12. The molecule has 0 amide bonds. The van der Waals surface area contributed by atoms with E-state index >= 15 is 0 Å². The van der Waals surface area contributed by atoms with Crippen LogP contribution in [0.4, 0.5) is 0 Å². The highest BCUT2D eigenvalue weighted by molar-refractivity contribution is 9.10. The van der Waals surface area contributed by atoms with Gasteiger partial charge in [0.2, 0.25) is 10.0 Å². The summed E-state index contributed by atoms with van der Waals surface area (Å²) in [6.07, 6.45) is 6.27. The highest BCUT2D eigenvalue weighted by Crippen LogP contribution is 2.12. The smallest absolute Gasteiger partial charge is 0.240 e. The van der Waals surface area contributed by atoms with Crippen LogP contribution in [-0.2, 0) is 23.0 Å². The average Bonchev–Trinajstić information content (AvgIpc) is 2.90. The van der Waals surface area contributed by atoms with Gasteiger partial charge in [-0.1, -0.05) is 25.5 Å². The average molecular weight is 386 g/mol. The summed E-state index contributed by atoms with van der Waals surface area (Å²) in [5.74, 6) is 0. The second-order valence-electron chi connectivity index (χ2n) is 5.07. The van der Waals surface area contributed by atoms with E-state index in [4.69, 9.17) is 0 Å². The zero-order valence-electron chi connectivity index (χ0n) is 12.5. The predicted molar refractivity (Wildman–Crippen MR) is 90.2 cm³/mol. The molecule has 1 aromatic heterocycles. The number of aryl methyl sites for hydroxylation is 2. The fraction of sp³-hybridized carbons (Fsp3) is 0.400. The van der Waals surface area contributed by atoms with Crippen molar-refractivity contribution in [3.8, 4) is 0 Å². The highest BCUT2D eigenvalue weighted by atomic mass is 79.9. The Labute approximate surface area is 139 Å². The monoisotopic (exact) mass is 385 g/mol. The zero-order chi connectivity index (χ0) is 16.0.